The van der Waals surface area contributed by atoms with E-state index in [2.05, 4.69) is 22.2 Å². The first-order chi connectivity index (χ1) is 9.15. The lowest BCUT2D eigenvalue weighted by Gasteiger charge is -2.34. The number of nitrogens with zero attached hydrogens (tertiary/aromatic N) is 2. The van der Waals surface area contributed by atoms with Gasteiger partial charge in [-0.1, -0.05) is 6.07 Å². The van der Waals surface area contributed by atoms with E-state index in [0.29, 0.717) is 11.4 Å². The standard InChI is InChI=1S/C14H20N4O/c1-16-13-9-11(10-19)3-4-12(13)14(15)18-7-5-17(2)6-8-18/h3-4,9-10,15-16H,5-8H2,1-2H3. The van der Waals surface area contributed by atoms with Gasteiger partial charge in [-0.3, -0.25) is 10.2 Å². The number of piperazine rings is 1. The minimum Gasteiger partial charge on any atom is -0.388 e. The van der Waals surface area contributed by atoms with Crippen LogP contribution in [0.15, 0.2) is 18.2 Å². The highest BCUT2D eigenvalue weighted by molar-refractivity contribution is 6.02. The Kier molecular flexibility index (Phi) is 4.16. The Bertz CT molecular complexity index is 478. The molecule has 0 bridgehead atoms. The van der Waals surface area contributed by atoms with Gasteiger partial charge in [0.1, 0.15) is 12.1 Å². The second kappa shape index (κ2) is 5.84. The topological polar surface area (TPSA) is 59.4 Å². The van der Waals surface area contributed by atoms with E-state index in [4.69, 9.17) is 5.41 Å². The van der Waals surface area contributed by atoms with Crippen LogP contribution in [0.25, 0.3) is 0 Å². The molecule has 1 aromatic rings. The number of nitrogens with one attached hydrogen (secondary N) is 2. The molecule has 0 radical (unpaired) electrons. The van der Waals surface area contributed by atoms with Crippen LogP contribution in [0, 0.1) is 5.41 Å². The van der Waals surface area contributed by atoms with E-state index in [9.17, 15) is 4.79 Å². The van der Waals surface area contributed by atoms with Crippen LogP contribution in [0.2, 0.25) is 0 Å². The minimum absolute atomic E-state index is 0.523. The maximum atomic E-state index is 10.8. The highest BCUT2D eigenvalue weighted by Crippen LogP contribution is 2.19. The van der Waals surface area contributed by atoms with Crippen LogP contribution in [0.3, 0.4) is 0 Å². The molecule has 1 saturated heterocycles. The Balaban J connectivity index is 2.21. The van der Waals surface area contributed by atoms with Gasteiger partial charge in [0.15, 0.2) is 0 Å². The van der Waals surface area contributed by atoms with Crippen LogP contribution in [-0.2, 0) is 0 Å². The maximum absolute atomic E-state index is 10.8. The number of likely N-dealkylation sites (N-methyl/N-ethyl adjacent to an activating group) is 1. The third-order valence-electron chi connectivity index (χ3n) is 3.52. The molecule has 2 N–H and O–H groups in total. The number of benzene rings is 1. The lowest BCUT2D eigenvalue weighted by atomic mass is 10.1. The Morgan fingerprint density at radius 1 is 1.32 bits per heavy atom. The molecular formula is C14H20N4O. The normalized spacial score (nSPS) is 16.2. The van der Waals surface area contributed by atoms with Gasteiger partial charge in [-0.25, -0.2) is 0 Å². The van der Waals surface area contributed by atoms with Gasteiger partial charge in [0.05, 0.1) is 0 Å². The molecule has 0 atom stereocenters. The van der Waals surface area contributed by atoms with Crippen molar-refractivity contribution < 1.29 is 4.79 Å². The van der Waals surface area contributed by atoms with Crippen LogP contribution >= 0.6 is 0 Å². The number of aldehydes is 1. The van der Waals surface area contributed by atoms with E-state index in [0.717, 1.165) is 43.7 Å². The van der Waals surface area contributed by atoms with Gasteiger partial charge in [-0.15, -0.1) is 0 Å². The van der Waals surface area contributed by atoms with Gasteiger partial charge in [0.2, 0.25) is 0 Å². The largest absolute Gasteiger partial charge is 0.388 e. The zero-order valence-electron chi connectivity index (χ0n) is 11.4. The van der Waals surface area contributed by atoms with Crippen molar-refractivity contribution in [3.8, 4) is 0 Å². The third kappa shape index (κ3) is 2.93. The van der Waals surface area contributed by atoms with E-state index in [1.807, 2.05) is 13.1 Å². The van der Waals surface area contributed by atoms with Crippen molar-refractivity contribution in [2.24, 2.45) is 0 Å². The van der Waals surface area contributed by atoms with Gasteiger partial charge >= 0.3 is 0 Å². The lowest BCUT2D eigenvalue weighted by Crippen LogP contribution is -2.47. The summed E-state index contributed by atoms with van der Waals surface area (Å²) in [5.74, 6) is 0.523. The Labute approximate surface area is 113 Å². The summed E-state index contributed by atoms with van der Waals surface area (Å²) >= 11 is 0. The average Bonchev–Trinajstić information content (AvgIpc) is 2.46. The summed E-state index contributed by atoms with van der Waals surface area (Å²) in [6, 6.07) is 5.39. The summed E-state index contributed by atoms with van der Waals surface area (Å²) < 4.78 is 0. The van der Waals surface area contributed by atoms with Crippen molar-refractivity contribution in [1.29, 1.82) is 5.41 Å². The molecule has 1 aliphatic rings. The van der Waals surface area contributed by atoms with Crippen molar-refractivity contribution >= 4 is 17.8 Å². The number of rotatable bonds is 3. The predicted octanol–water partition coefficient (Wildman–Crippen LogP) is 1.11. The van der Waals surface area contributed by atoms with Gasteiger partial charge in [-0.2, -0.15) is 0 Å². The molecule has 5 heteroatoms. The monoisotopic (exact) mass is 260 g/mol. The first-order valence-corrected chi connectivity index (χ1v) is 6.45. The van der Waals surface area contributed by atoms with Crippen molar-refractivity contribution in [2.45, 2.75) is 0 Å². The fourth-order valence-electron chi connectivity index (χ4n) is 2.25. The van der Waals surface area contributed by atoms with Crippen LogP contribution in [0.4, 0.5) is 5.69 Å². The molecule has 1 heterocycles. The van der Waals surface area contributed by atoms with Crippen LogP contribution in [0.1, 0.15) is 15.9 Å². The molecule has 0 saturated carbocycles. The van der Waals surface area contributed by atoms with Crippen molar-refractivity contribution in [2.75, 3.05) is 45.6 Å². The van der Waals surface area contributed by atoms with E-state index in [1.54, 1.807) is 12.1 Å². The summed E-state index contributed by atoms with van der Waals surface area (Å²) in [6.45, 7) is 3.69. The summed E-state index contributed by atoms with van der Waals surface area (Å²) in [6.07, 6.45) is 0.824. The highest BCUT2D eigenvalue weighted by Gasteiger charge is 2.19. The molecule has 0 unspecified atom stereocenters. The molecule has 0 aliphatic carbocycles. The molecule has 2 rings (SSSR count). The first-order valence-electron chi connectivity index (χ1n) is 6.45. The minimum atomic E-state index is 0.523. The van der Waals surface area contributed by atoms with E-state index in [-0.39, 0.29) is 0 Å². The van der Waals surface area contributed by atoms with Crippen molar-refractivity contribution in [3.05, 3.63) is 29.3 Å². The summed E-state index contributed by atoms with van der Waals surface area (Å²) in [5.41, 5.74) is 2.30. The summed E-state index contributed by atoms with van der Waals surface area (Å²) in [4.78, 5) is 15.1. The predicted molar refractivity (Wildman–Crippen MR) is 77.3 cm³/mol. The fourth-order valence-corrected chi connectivity index (χ4v) is 2.25. The number of hydrogen-bond acceptors (Lipinski definition) is 4. The van der Waals surface area contributed by atoms with E-state index < -0.39 is 0 Å². The maximum Gasteiger partial charge on any atom is 0.150 e. The molecule has 5 nitrogen and oxygen atoms in total. The number of carbonyl (C=O) groups excluding carboxylic acids is 1. The SMILES string of the molecule is CNc1cc(C=O)ccc1C(=N)N1CCN(C)CC1. The Hall–Kier alpha value is -1.88. The Morgan fingerprint density at radius 3 is 2.58 bits per heavy atom. The number of anilines is 1. The lowest BCUT2D eigenvalue weighted by molar-refractivity contribution is 0.112. The molecule has 19 heavy (non-hydrogen) atoms. The van der Waals surface area contributed by atoms with Gasteiger partial charge in [-0.05, 0) is 19.2 Å². The van der Waals surface area contributed by atoms with Crippen LogP contribution in [-0.4, -0.2) is 62.2 Å². The van der Waals surface area contributed by atoms with Crippen molar-refractivity contribution in [3.63, 3.8) is 0 Å². The van der Waals surface area contributed by atoms with Crippen LogP contribution in [0.5, 0.6) is 0 Å². The van der Waals surface area contributed by atoms with Crippen LogP contribution < -0.4 is 5.32 Å². The van der Waals surface area contributed by atoms with Gasteiger partial charge in [0.25, 0.3) is 0 Å². The van der Waals surface area contributed by atoms with Gasteiger partial charge < -0.3 is 15.1 Å². The number of amidine groups is 1. The molecule has 0 spiro atoms. The molecule has 1 aromatic carbocycles. The number of carbonyl (C=O) groups is 1. The fraction of sp³-hybridized carbons (Fsp3) is 0.429. The van der Waals surface area contributed by atoms with Gasteiger partial charge in [0, 0.05) is 50.0 Å². The molecule has 102 valence electrons. The summed E-state index contributed by atoms with van der Waals surface area (Å²) in [7, 11) is 3.91. The second-order valence-electron chi connectivity index (χ2n) is 4.81. The second-order valence-corrected chi connectivity index (χ2v) is 4.81. The smallest absolute Gasteiger partial charge is 0.150 e. The first kappa shape index (κ1) is 13.5. The average molecular weight is 260 g/mol. The quantitative estimate of drug-likeness (QED) is 0.485. The van der Waals surface area contributed by atoms with E-state index in [1.165, 1.54) is 0 Å². The molecule has 1 fully saturated rings. The molecule has 0 aromatic heterocycles. The zero-order chi connectivity index (χ0) is 13.8. The third-order valence-corrected chi connectivity index (χ3v) is 3.52. The highest BCUT2D eigenvalue weighted by atomic mass is 16.1. The summed E-state index contributed by atoms with van der Waals surface area (Å²) in [5, 5.41) is 11.4. The molecule has 0 amide bonds. The molecular weight excluding hydrogens is 240 g/mol. The number of hydrogen-bond donors (Lipinski definition) is 2. The molecule has 1 aliphatic heterocycles. The zero-order valence-corrected chi connectivity index (χ0v) is 11.4. The van der Waals surface area contributed by atoms with E-state index >= 15 is 0 Å². The van der Waals surface area contributed by atoms with Crippen molar-refractivity contribution in [1.82, 2.24) is 9.80 Å². The Morgan fingerprint density at radius 2 is 2.00 bits per heavy atom.